The summed E-state index contributed by atoms with van der Waals surface area (Å²) < 4.78 is 13.8. The van der Waals surface area contributed by atoms with E-state index in [2.05, 4.69) is 26.2 Å². The van der Waals surface area contributed by atoms with Gasteiger partial charge < -0.3 is 4.84 Å². The van der Waals surface area contributed by atoms with Gasteiger partial charge in [-0.15, -0.1) is 0 Å². The van der Waals surface area contributed by atoms with Crippen molar-refractivity contribution < 1.29 is 9.23 Å². The monoisotopic (exact) mass is 247 g/mol. The summed E-state index contributed by atoms with van der Waals surface area (Å²) in [5.41, 5.74) is 4.21. The Bertz CT molecular complexity index is 304. The van der Waals surface area contributed by atoms with E-state index in [0.29, 0.717) is 16.6 Å². The first-order chi connectivity index (χ1) is 6.15. The van der Waals surface area contributed by atoms with Crippen molar-refractivity contribution in [1.29, 1.82) is 0 Å². The van der Waals surface area contributed by atoms with Crippen molar-refractivity contribution in [2.24, 2.45) is 0 Å². The van der Waals surface area contributed by atoms with Gasteiger partial charge in [-0.2, -0.15) is 5.48 Å². The van der Waals surface area contributed by atoms with Crippen LogP contribution in [0.5, 0.6) is 0 Å². The Morgan fingerprint density at radius 3 is 2.85 bits per heavy atom. The topological polar surface area (TPSA) is 21.3 Å². The lowest BCUT2D eigenvalue weighted by atomic mass is 10.1. The van der Waals surface area contributed by atoms with Crippen molar-refractivity contribution >= 4 is 15.9 Å². The first-order valence-corrected chi connectivity index (χ1v) is 4.65. The Kier molecular flexibility index (Phi) is 3.84. The average molecular weight is 248 g/mol. The van der Waals surface area contributed by atoms with Gasteiger partial charge >= 0.3 is 0 Å². The maximum Gasteiger partial charge on any atom is 0.141 e. The van der Waals surface area contributed by atoms with E-state index in [4.69, 9.17) is 0 Å². The molecule has 0 aliphatic carbocycles. The lowest BCUT2D eigenvalue weighted by Gasteiger charge is -2.06. The second-order valence-corrected chi connectivity index (χ2v) is 3.60. The number of rotatable bonds is 3. The molecule has 0 bridgehead atoms. The van der Waals surface area contributed by atoms with E-state index in [9.17, 15) is 4.39 Å². The SMILES string of the molecule is CONCc1cc(C)cc(Br)c1F. The van der Waals surface area contributed by atoms with E-state index >= 15 is 0 Å². The molecule has 0 fully saturated rings. The van der Waals surface area contributed by atoms with Crippen LogP contribution in [0.3, 0.4) is 0 Å². The van der Waals surface area contributed by atoms with E-state index in [0.717, 1.165) is 5.56 Å². The number of nitrogens with one attached hydrogen (secondary N) is 1. The first-order valence-electron chi connectivity index (χ1n) is 3.85. The highest BCUT2D eigenvalue weighted by molar-refractivity contribution is 9.10. The molecule has 13 heavy (non-hydrogen) atoms. The quantitative estimate of drug-likeness (QED) is 0.830. The molecule has 0 atom stereocenters. The number of hydroxylamine groups is 1. The van der Waals surface area contributed by atoms with Crippen LogP contribution >= 0.6 is 15.9 Å². The molecule has 1 N–H and O–H groups in total. The molecule has 0 amide bonds. The van der Waals surface area contributed by atoms with Crippen molar-refractivity contribution in [3.05, 3.63) is 33.5 Å². The lowest BCUT2D eigenvalue weighted by Crippen LogP contribution is -2.12. The van der Waals surface area contributed by atoms with Gasteiger partial charge in [-0.1, -0.05) is 6.07 Å². The van der Waals surface area contributed by atoms with Crippen molar-refractivity contribution in [2.75, 3.05) is 7.11 Å². The Balaban J connectivity index is 2.92. The molecular weight excluding hydrogens is 237 g/mol. The molecule has 1 rings (SSSR count). The molecule has 1 aromatic rings. The Morgan fingerprint density at radius 2 is 2.23 bits per heavy atom. The van der Waals surface area contributed by atoms with Gasteiger partial charge in [0, 0.05) is 12.1 Å². The van der Waals surface area contributed by atoms with Crippen LogP contribution in [-0.4, -0.2) is 7.11 Å². The highest BCUT2D eigenvalue weighted by Crippen LogP contribution is 2.20. The number of halogens is 2. The fourth-order valence-electron chi connectivity index (χ4n) is 1.08. The third-order valence-electron chi connectivity index (χ3n) is 1.65. The van der Waals surface area contributed by atoms with E-state index < -0.39 is 0 Å². The molecule has 0 heterocycles. The minimum Gasteiger partial charge on any atom is -0.305 e. The molecule has 72 valence electrons. The predicted octanol–water partition coefficient (Wildman–Crippen LogP) is 2.55. The summed E-state index contributed by atoms with van der Waals surface area (Å²) in [6, 6.07) is 3.53. The minimum absolute atomic E-state index is 0.241. The summed E-state index contributed by atoms with van der Waals surface area (Å²) in [6.45, 7) is 2.28. The maximum absolute atomic E-state index is 13.4. The van der Waals surface area contributed by atoms with Gasteiger partial charge in [0.25, 0.3) is 0 Å². The zero-order valence-electron chi connectivity index (χ0n) is 7.53. The number of aryl methyl sites for hydroxylation is 1. The molecule has 0 aliphatic heterocycles. The summed E-state index contributed by atoms with van der Waals surface area (Å²) >= 11 is 3.15. The third-order valence-corrected chi connectivity index (χ3v) is 2.23. The smallest absolute Gasteiger partial charge is 0.141 e. The van der Waals surface area contributed by atoms with Gasteiger partial charge in [-0.3, -0.25) is 0 Å². The van der Waals surface area contributed by atoms with E-state index in [-0.39, 0.29) is 5.82 Å². The van der Waals surface area contributed by atoms with Crippen LogP contribution < -0.4 is 5.48 Å². The second kappa shape index (κ2) is 4.69. The summed E-state index contributed by atoms with van der Waals surface area (Å²) in [7, 11) is 1.50. The summed E-state index contributed by atoms with van der Waals surface area (Å²) in [5, 5.41) is 0. The number of hydrogen-bond donors (Lipinski definition) is 1. The van der Waals surface area contributed by atoms with Gasteiger partial charge in [0.15, 0.2) is 0 Å². The van der Waals surface area contributed by atoms with Crippen LogP contribution in [0.1, 0.15) is 11.1 Å². The van der Waals surface area contributed by atoms with Gasteiger partial charge in [0.1, 0.15) is 5.82 Å². The Labute approximate surface area is 85.2 Å². The largest absolute Gasteiger partial charge is 0.305 e. The van der Waals surface area contributed by atoms with Crippen molar-refractivity contribution in [1.82, 2.24) is 5.48 Å². The number of benzene rings is 1. The fraction of sp³-hybridized carbons (Fsp3) is 0.333. The molecule has 2 nitrogen and oxygen atoms in total. The lowest BCUT2D eigenvalue weighted by molar-refractivity contribution is 0.0859. The molecule has 1 aromatic carbocycles. The van der Waals surface area contributed by atoms with E-state index in [1.54, 1.807) is 12.1 Å². The van der Waals surface area contributed by atoms with Crippen molar-refractivity contribution in [2.45, 2.75) is 13.5 Å². The Hall–Kier alpha value is -0.450. The van der Waals surface area contributed by atoms with Gasteiger partial charge in [0.05, 0.1) is 11.6 Å². The van der Waals surface area contributed by atoms with Crippen LogP contribution in [0.25, 0.3) is 0 Å². The maximum atomic E-state index is 13.4. The van der Waals surface area contributed by atoms with Crippen LogP contribution in [0, 0.1) is 12.7 Å². The van der Waals surface area contributed by atoms with Crippen LogP contribution in [0.4, 0.5) is 4.39 Å². The second-order valence-electron chi connectivity index (χ2n) is 2.75. The summed E-state index contributed by atoms with van der Waals surface area (Å²) in [4.78, 5) is 4.65. The van der Waals surface area contributed by atoms with Gasteiger partial charge in [0.2, 0.25) is 0 Å². The fourth-order valence-corrected chi connectivity index (χ4v) is 1.69. The van der Waals surface area contributed by atoms with Crippen LogP contribution in [-0.2, 0) is 11.4 Å². The normalized spacial score (nSPS) is 10.5. The van der Waals surface area contributed by atoms with E-state index in [1.807, 2.05) is 6.92 Å². The zero-order valence-corrected chi connectivity index (χ0v) is 9.11. The first kappa shape index (κ1) is 10.6. The molecule has 0 saturated carbocycles. The zero-order chi connectivity index (χ0) is 9.84. The molecule has 0 saturated heterocycles. The molecule has 0 aliphatic rings. The molecule has 0 radical (unpaired) electrons. The highest BCUT2D eigenvalue weighted by atomic mass is 79.9. The van der Waals surface area contributed by atoms with Crippen LogP contribution in [0.15, 0.2) is 16.6 Å². The summed E-state index contributed by atoms with van der Waals surface area (Å²) in [5.74, 6) is -0.241. The number of hydrogen-bond acceptors (Lipinski definition) is 2. The third kappa shape index (κ3) is 2.76. The van der Waals surface area contributed by atoms with E-state index in [1.165, 1.54) is 7.11 Å². The van der Waals surface area contributed by atoms with Crippen molar-refractivity contribution in [3.8, 4) is 0 Å². The predicted molar refractivity (Wildman–Crippen MR) is 52.7 cm³/mol. The van der Waals surface area contributed by atoms with Gasteiger partial charge in [-0.05, 0) is 34.5 Å². The molecule has 0 aromatic heterocycles. The van der Waals surface area contributed by atoms with Crippen LogP contribution in [0.2, 0.25) is 0 Å². The van der Waals surface area contributed by atoms with Gasteiger partial charge in [-0.25, -0.2) is 4.39 Å². The van der Waals surface area contributed by atoms with Crippen molar-refractivity contribution in [3.63, 3.8) is 0 Å². The highest BCUT2D eigenvalue weighted by Gasteiger charge is 2.06. The molecular formula is C9H11BrFNO. The average Bonchev–Trinajstić information content (AvgIpc) is 2.09. The minimum atomic E-state index is -0.241. The summed E-state index contributed by atoms with van der Waals surface area (Å²) in [6.07, 6.45) is 0. The molecule has 0 unspecified atom stereocenters. The molecule has 0 spiro atoms. The Morgan fingerprint density at radius 1 is 1.54 bits per heavy atom. The standard InChI is InChI=1S/C9H11BrFNO/c1-6-3-7(5-12-13-2)9(11)8(10)4-6/h3-4,12H,5H2,1-2H3. The molecule has 4 heteroatoms.